The zero-order chi connectivity index (χ0) is 15.5. The number of rotatable bonds is 4. The number of pyridine rings is 1. The molecular formula is C18H19N3O. The van der Waals surface area contributed by atoms with E-state index in [1.54, 1.807) is 0 Å². The summed E-state index contributed by atoms with van der Waals surface area (Å²) in [6.07, 6.45) is 3.81. The summed E-state index contributed by atoms with van der Waals surface area (Å²) in [6, 6.07) is 13.6. The Labute approximate surface area is 130 Å². The van der Waals surface area contributed by atoms with E-state index in [0.717, 1.165) is 22.5 Å². The van der Waals surface area contributed by atoms with Gasteiger partial charge in [0.1, 0.15) is 5.65 Å². The fraction of sp³-hybridized carbons (Fsp3) is 0.222. The lowest BCUT2D eigenvalue weighted by molar-refractivity contribution is 0.0750. The van der Waals surface area contributed by atoms with Crippen molar-refractivity contribution in [3.8, 4) is 0 Å². The quantitative estimate of drug-likeness (QED) is 0.740. The van der Waals surface area contributed by atoms with Gasteiger partial charge in [-0.05, 0) is 38.1 Å². The Kier molecular flexibility index (Phi) is 3.92. The summed E-state index contributed by atoms with van der Waals surface area (Å²) in [5.41, 5.74) is 3.74. The largest absolute Gasteiger partial charge is 0.333 e. The standard InChI is InChI=1S/C18H19N3O/c1-3-20(18(22)15-8-6-7-14(2)11-15)13-16-12-19-17-9-4-5-10-21(16)17/h4-12H,3,13H2,1-2H3. The van der Waals surface area contributed by atoms with Crippen LogP contribution in [0.4, 0.5) is 0 Å². The molecule has 0 N–H and O–H groups in total. The summed E-state index contributed by atoms with van der Waals surface area (Å²) >= 11 is 0. The van der Waals surface area contributed by atoms with Crippen LogP contribution in [0.25, 0.3) is 5.65 Å². The molecule has 4 nitrogen and oxygen atoms in total. The maximum atomic E-state index is 12.7. The van der Waals surface area contributed by atoms with E-state index < -0.39 is 0 Å². The second kappa shape index (κ2) is 6.02. The van der Waals surface area contributed by atoms with Crippen LogP contribution in [0.2, 0.25) is 0 Å². The zero-order valence-electron chi connectivity index (χ0n) is 12.9. The maximum absolute atomic E-state index is 12.7. The van der Waals surface area contributed by atoms with Crippen molar-refractivity contribution in [2.75, 3.05) is 6.54 Å². The topological polar surface area (TPSA) is 37.6 Å². The van der Waals surface area contributed by atoms with Crippen LogP contribution in [0, 0.1) is 6.92 Å². The van der Waals surface area contributed by atoms with E-state index in [-0.39, 0.29) is 5.91 Å². The summed E-state index contributed by atoms with van der Waals surface area (Å²) in [7, 11) is 0. The van der Waals surface area contributed by atoms with Gasteiger partial charge >= 0.3 is 0 Å². The molecule has 3 rings (SSSR count). The number of nitrogens with zero attached hydrogens (tertiary/aromatic N) is 3. The van der Waals surface area contributed by atoms with E-state index in [4.69, 9.17) is 0 Å². The highest BCUT2D eigenvalue weighted by atomic mass is 16.2. The Morgan fingerprint density at radius 2 is 2.09 bits per heavy atom. The highest BCUT2D eigenvalue weighted by Crippen LogP contribution is 2.13. The Hall–Kier alpha value is -2.62. The molecule has 0 aliphatic rings. The third-order valence-electron chi connectivity index (χ3n) is 3.78. The van der Waals surface area contributed by atoms with Crippen LogP contribution in [-0.2, 0) is 6.54 Å². The van der Waals surface area contributed by atoms with Crippen molar-refractivity contribution in [2.24, 2.45) is 0 Å². The van der Waals surface area contributed by atoms with Crippen molar-refractivity contribution >= 4 is 11.6 Å². The molecule has 0 radical (unpaired) electrons. The van der Waals surface area contributed by atoms with Crippen LogP contribution < -0.4 is 0 Å². The molecular weight excluding hydrogens is 274 g/mol. The van der Waals surface area contributed by atoms with Gasteiger partial charge in [0.05, 0.1) is 18.4 Å². The van der Waals surface area contributed by atoms with E-state index in [0.29, 0.717) is 13.1 Å². The fourth-order valence-corrected chi connectivity index (χ4v) is 2.59. The number of hydrogen-bond acceptors (Lipinski definition) is 2. The molecule has 4 heteroatoms. The van der Waals surface area contributed by atoms with Crippen molar-refractivity contribution in [3.63, 3.8) is 0 Å². The molecule has 0 saturated carbocycles. The lowest BCUT2D eigenvalue weighted by atomic mass is 10.1. The van der Waals surface area contributed by atoms with E-state index in [2.05, 4.69) is 4.98 Å². The first-order valence-electron chi connectivity index (χ1n) is 7.46. The Bertz CT molecular complexity index is 807. The minimum Gasteiger partial charge on any atom is -0.333 e. The molecule has 0 aliphatic carbocycles. The van der Waals surface area contributed by atoms with Gasteiger partial charge < -0.3 is 9.30 Å². The van der Waals surface area contributed by atoms with Crippen LogP contribution >= 0.6 is 0 Å². The van der Waals surface area contributed by atoms with Crippen molar-refractivity contribution in [1.82, 2.24) is 14.3 Å². The summed E-state index contributed by atoms with van der Waals surface area (Å²) in [6.45, 7) is 5.20. The maximum Gasteiger partial charge on any atom is 0.254 e. The summed E-state index contributed by atoms with van der Waals surface area (Å²) in [5.74, 6) is 0.0529. The number of aromatic nitrogens is 2. The molecule has 1 amide bonds. The lowest BCUT2D eigenvalue weighted by Crippen LogP contribution is -2.30. The van der Waals surface area contributed by atoms with Crippen molar-refractivity contribution in [3.05, 3.63) is 71.7 Å². The van der Waals surface area contributed by atoms with Gasteiger partial charge in [0.25, 0.3) is 5.91 Å². The molecule has 112 valence electrons. The first-order valence-corrected chi connectivity index (χ1v) is 7.46. The molecule has 0 spiro atoms. The normalized spacial score (nSPS) is 10.8. The minimum atomic E-state index is 0.0529. The summed E-state index contributed by atoms with van der Waals surface area (Å²) in [5, 5.41) is 0. The van der Waals surface area contributed by atoms with Gasteiger partial charge in [0.15, 0.2) is 0 Å². The van der Waals surface area contributed by atoms with Gasteiger partial charge in [-0.3, -0.25) is 4.79 Å². The van der Waals surface area contributed by atoms with E-state index in [1.807, 2.05) is 78.0 Å². The predicted octanol–water partition coefficient (Wildman–Crippen LogP) is 3.31. The van der Waals surface area contributed by atoms with Gasteiger partial charge in [0.2, 0.25) is 0 Å². The molecule has 0 atom stereocenters. The number of carbonyl (C=O) groups excluding carboxylic acids is 1. The molecule has 0 unspecified atom stereocenters. The van der Waals surface area contributed by atoms with Crippen LogP contribution in [0.1, 0.15) is 28.5 Å². The second-order valence-electron chi connectivity index (χ2n) is 5.37. The van der Waals surface area contributed by atoms with Gasteiger partial charge in [0, 0.05) is 18.3 Å². The third-order valence-corrected chi connectivity index (χ3v) is 3.78. The van der Waals surface area contributed by atoms with Crippen LogP contribution in [-0.4, -0.2) is 26.7 Å². The first-order chi connectivity index (χ1) is 10.7. The Morgan fingerprint density at radius 1 is 1.23 bits per heavy atom. The molecule has 2 heterocycles. The van der Waals surface area contributed by atoms with Crippen LogP contribution in [0.5, 0.6) is 0 Å². The molecule has 22 heavy (non-hydrogen) atoms. The molecule has 0 saturated heterocycles. The predicted molar refractivity (Wildman–Crippen MR) is 86.8 cm³/mol. The van der Waals surface area contributed by atoms with Crippen molar-refractivity contribution in [1.29, 1.82) is 0 Å². The summed E-state index contributed by atoms with van der Waals surface area (Å²) < 4.78 is 2.02. The zero-order valence-corrected chi connectivity index (χ0v) is 12.9. The number of aryl methyl sites for hydroxylation is 1. The number of benzene rings is 1. The average Bonchev–Trinajstić information content (AvgIpc) is 2.95. The number of carbonyl (C=O) groups is 1. The monoisotopic (exact) mass is 293 g/mol. The molecule has 0 aliphatic heterocycles. The van der Waals surface area contributed by atoms with Gasteiger partial charge in [-0.2, -0.15) is 0 Å². The van der Waals surface area contributed by atoms with Crippen LogP contribution in [0.3, 0.4) is 0 Å². The van der Waals surface area contributed by atoms with E-state index >= 15 is 0 Å². The van der Waals surface area contributed by atoms with Crippen molar-refractivity contribution in [2.45, 2.75) is 20.4 Å². The molecule has 3 aromatic rings. The highest BCUT2D eigenvalue weighted by molar-refractivity contribution is 5.94. The number of fused-ring (bicyclic) bond motifs is 1. The third kappa shape index (κ3) is 2.72. The summed E-state index contributed by atoms with van der Waals surface area (Å²) in [4.78, 5) is 18.9. The lowest BCUT2D eigenvalue weighted by Gasteiger charge is -2.21. The molecule has 0 bridgehead atoms. The first kappa shape index (κ1) is 14.3. The highest BCUT2D eigenvalue weighted by Gasteiger charge is 2.16. The Morgan fingerprint density at radius 3 is 2.86 bits per heavy atom. The number of amides is 1. The molecule has 0 fully saturated rings. The SMILES string of the molecule is CCN(Cc1cnc2ccccn12)C(=O)c1cccc(C)c1. The van der Waals surface area contributed by atoms with Gasteiger partial charge in [-0.15, -0.1) is 0 Å². The Balaban J connectivity index is 1.87. The van der Waals surface area contributed by atoms with E-state index in [1.165, 1.54) is 0 Å². The number of hydrogen-bond donors (Lipinski definition) is 0. The minimum absolute atomic E-state index is 0.0529. The second-order valence-corrected chi connectivity index (χ2v) is 5.37. The van der Waals surface area contributed by atoms with Gasteiger partial charge in [-0.25, -0.2) is 4.98 Å². The average molecular weight is 293 g/mol. The van der Waals surface area contributed by atoms with E-state index in [9.17, 15) is 4.79 Å². The number of imidazole rings is 1. The molecule has 1 aromatic carbocycles. The smallest absolute Gasteiger partial charge is 0.254 e. The molecule has 2 aromatic heterocycles. The van der Waals surface area contributed by atoms with Gasteiger partial charge in [-0.1, -0.05) is 23.8 Å². The van der Waals surface area contributed by atoms with Crippen molar-refractivity contribution < 1.29 is 4.79 Å². The van der Waals surface area contributed by atoms with Crippen LogP contribution in [0.15, 0.2) is 54.9 Å². The fourth-order valence-electron chi connectivity index (χ4n) is 2.59.